The molecule has 1 atom stereocenters. The Morgan fingerprint density at radius 2 is 2.00 bits per heavy atom. The van der Waals surface area contributed by atoms with Gasteiger partial charge in [0, 0.05) is 17.8 Å². The molecule has 0 saturated heterocycles. The molecular weight excluding hydrogens is 300 g/mol. The second kappa shape index (κ2) is 6.86. The van der Waals surface area contributed by atoms with Crippen LogP contribution in [0.25, 0.3) is 0 Å². The molecule has 3 rings (SSSR count). The molecule has 0 spiro atoms. The van der Waals surface area contributed by atoms with Gasteiger partial charge in [-0.3, -0.25) is 4.79 Å². The fourth-order valence-corrected chi connectivity index (χ4v) is 2.44. The summed E-state index contributed by atoms with van der Waals surface area (Å²) in [6.07, 6.45) is 4.83. The average Bonchev–Trinajstić information content (AvgIpc) is 2.57. The number of rotatable bonds is 3. The van der Waals surface area contributed by atoms with Gasteiger partial charge in [-0.25, -0.2) is 4.98 Å². The number of carbonyl (C=O) groups excluding carboxylic acids is 1. The maximum Gasteiger partial charge on any atom is 0.270 e. The Morgan fingerprint density at radius 3 is 2.58 bits per heavy atom. The summed E-state index contributed by atoms with van der Waals surface area (Å²) in [7, 11) is 0. The summed E-state index contributed by atoms with van der Waals surface area (Å²) in [5.74, 6) is 5.63. The van der Waals surface area contributed by atoms with Gasteiger partial charge in [0.1, 0.15) is 11.3 Å². The van der Waals surface area contributed by atoms with Crippen LogP contribution in [-0.2, 0) is 5.60 Å². The minimum Gasteiger partial charge on any atom is -0.374 e. The molecule has 24 heavy (non-hydrogen) atoms. The number of nitrogens with one attached hydrogen (secondary N) is 1. The Bertz CT molecular complexity index is 767. The molecule has 2 N–H and O–H groups in total. The molecule has 0 aliphatic heterocycles. The van der Waals surface area contributed by atoms with Gasteiger partial charge >= 0.3 is 0 Å². The van der Waals surface area contributed by atoms with Gasteiger partial charge < -0.3 is 10.4 Å². The highest BCUT2D eigenvalue weighted by atomic mass is 16.3. The van der Waals surface area contributed by atoms with E-state index in [1.165, 1.54) is 6.42 Å². The first-order valence-corrected chi connectivity index (χ1v) is 8.12. The maximum absolute atomic E-state index is 12.0. The van der Waals surface area contributed by atoms with Gasteiger partial charge in [0.25, 0.3) is 5.91 Å². The molecule has 1 amide bonds. The first-order valence-electron chi connectivity index (χ1n) is 8.12. The fraction of sp³-hybridized carbons (Fsp3) is 0.300. The lowest BCUT2D eigenvalue weighted by Crippen LogP contribution is -2.39. The van der Waals surface area contributed by atoms with Crippen molar-refractivity contribution in [2.24, 2.45) is 0 Å². The second-order valence-corrected chi connectivity index (χ2v) is 6.22. The van der Waals surface area contributed by atoms with Gasteiger partial charge in [-0.1, -0.05) is 42.2 Å². The van der Waals surface area contributed by atoms with Crippen molar-refractivity contribution >= 4 is 5.91 Å². The molecule has 1 aliphatic rings. The molecule has 4 nitrogen and oxygen atoms in total. The van der Waals surface area contributed by atoms with Gasteiger partial charge in [0.05, 0.1) is 0 Å². The standard InChI is InChI=1S/C20H20N2O2/c1-20(24,16-6-3-2-4-7-16)13-12-15-10-11-18(21-14-15)19(23)22-17-8-5-9-17/h2-4,6-7,10-11,14,17,24H,5,8-9H2,1H3,(H,22,23)/t20-/m0/s1. The van der Waals surface area contributed by atoms with Crippen molar-refractivity contribution in [3.63, 3.8) is 0 Å². The third kappa shape index (κ3) is 3.81. The minimum absolute atomic E-state index is 0.143. The van der Waals surface area contributed by atoms with E-state index in [9.17, 15) is 9.90 Å². The first-order chi connectivity index (χ1) is 11.5. The summed E-state index contributed by atoms with van der Waals surface area (Å²) in [6.45, 7) is 1.66. The Labute approximate surface area is 141 Å². The number of aliphatic hydroxyl groups is 1. The van der Waals surface area contributed by atoms with E-state index < -0.39 is 5.60 Å². The lowest BCUT2D eigenvalue weighted by atomic mass is 9.93. The SMILES string of the molecule is C[C@](O)(C#Cc1ccc(C(=O)NC2CCC2)nc1)c1ccccc1. The highest BCUT2D eigenvalue weighted by Crippen LogP contribution is 2.19. The number of nitrogens with zero attached hydrogens (tertiary/aromatic N) is 1. The largest absolute Gasteiger partial charge is 0.374 e. The quantitative estimate of drug-likeness (QED) is 0.855. The van der Waals surface area contributed by atoms with Gasteiger partial charge in [-0.05, 0) is 43.9 Å². The third-order valence-corrected chi connectivity index (χ3v) is 4.22. The van der Waals surface area contributed by atoms with Crippen molar-refractivity contribution in [2.45, 2.75) is 37.8 Å². The van der Waals surface area contributed by atoms with E-state index in [1.54, 1.807) is 25.3 Å². The van der Waals surface area contributed by atoms with E-state index in [1.807, 2.05) is 30.3 Å². The number of aromatic nitrogens is 1. The first kappa shape index (κ1) is 16.2. The summed E-state index contributed by atoms with van der Waals surface area (Å²) in [5, 5.41) is 13.4. The van der Waals surface area contributed by atoms with E-state index >= 15 is 0 Å². The molecule has 122 valence electrons. The summed E-state index contributed by atoms with van der Waals surface area (Å²) in [5.41, 5.74) is 0.553. The number of pyridine rings is 1. The number of amides is 1. The molecule has 0 unspecified atom stereocenters. The van der Waals surface area contributed by atoms with Crippen molar-refractivity contribution in [1.29, 1.82) is 0 Å². The highest BCUT2D eigenvalue weighted by Gasteiger charge is 2.21. The number of hydrogen-bond acceptors (Lipinski definition) is 3. The zero-order valence-electron chi connectivity index (χ0n) is 13.6. The van der Waals surface area contributed by atoms with Gasteiger partial charge in [-0.15, -0.1) is 0 Å². The molecule has 1 aromatic heterocycles. The third-order valence-electron chi connectivity index (χ3n) is 4.22. The summed E-state index contributed by atoms with van der Waals surface area (Å²) in [6, 6.07) is 13.0. The van der Waals surface area contributed by atoms with Crippen molar-refractivity contribution in [3.05, 3.63) is 65.5 Å². The predicted molar refractivity (Wildman–Crippen MR) is 92.2 cm³/mol. The van der Waals surface area contributed by atoms with Crippen LogP contribution < -0.4 is 5.32 Å². The van der Waals surface area contributed by atoms with Crippen LogP contribution in [0, 0.1) is 11.8 Å². The molecule has 4 heteroatoms. The van der Waals surface area contributed by atoms with E-state index in [0.717, 1.165) is 18.4 Å². The molecule has 0 bridgehead atoms. The average molecular weight is 320 g/mol. The van der Waals surface area contributed by atoms with E-state index in [-0.39, 0.29) is 5.91 Å². The monoisotopic (exact) mass is 320 g/mol. The van der Waals surface area contributed by atoms with Gasteiger partial charge in [0.15, 0.2) is 0 Å². The van der Waals surface area contributed by atoms with Crippen LogP contribution in [0.3, 0.4) is 0 Å². The van der Waals surface area contributed by atoms with E-state index in [0.29, 0.717) is 17.3 Å². The Balaban J connectivity index is 1.69. The van der Waals surface area contributed by atoms with E-state index in [4.69, 9.17) is 0 Å². The summed E-state index contributed by atoms with van der Waals surface area (Å²) >= 11 is 0. The molecule has 1 fully saturated rings. The van der Waals surface area contributed by atoms with Crippen LogP contribution in [0.5, 0.6) is 0 Å². The van der Waals surface area contributed by atoms with Crippen LogP contribution in [0.1, 0.15) is 47.8 Å². The second-order valence-electron chi connectivity index (χ2n) is 6.22. The molecule has 1 heterocycles. The molecule has 0 radical (unpaired) electrons. The highest BCUT2D eigenvalue weighted by molar-refractivity contribution is 5.92. The molecule has 1 saturated carbocycles. The van der Waals surface area contributed by atoms with E-state index in [2.05, 4.69) is 22.1 Å². The van der Waals surface area contributed by atoms with Gasteiger partial charge in [-0.2, -0.15) is 0 Å². The van der Waals surface area contributed by atoms with Crippen molar-refractivity contribution in [3.8, 4) is 11.8 Å². The zero-order chi connectivity index (χ0) is 17.0. The molecule has 1 aromatic carbocycles. The summed E-state index contributed by atoms with van der Waals surface area (Å²) in [4.78, 5) is 16.2. The molecular formula is C20H20N2O2. The lowest BCUT2D eigenvalue weighted by Gasteiger charge is -2.26. The fourth-order valence-electron chi connectivity index (χ4n) is 2.44. The van der Waals surface area contributed by atoms with Crippen molar-refractivity contribution < 1.29 is 9.90 Å². The van der Waals surface area contributed by atoms with Crippen LogP contribution in [0.15, 0.2) is 48.7 Å². The van der Waals surface area contributed by atoms with Crippen molar-refractivity contribution in [1.82, 2.24) is 10.3 Å². The van der Waals surface area contributed by atoms with Crippen LogP contribution >= 0.6 is 0 Å². The predicted octanol–water partition coefficient (Wildman–Crippen LogP) is 2.62. The zero-order valence-corrected chi connectivity index (χ0v) is 13.6. The molecule has 2 aromatic rings. The smallest absolute Gasteiger partial charge is 0.270 e. The van der Waals surface area contributed by atoms with Crippen LogP contribution in [-0.4, -0.2) is 22.0 Å². The Kier molecular flexibility index (Phi) is 4.64. The van der Waals surface area contributed by atoms with Crippen molar-refractivity contribution in [2.75, 3.05) is 0 Å². The summed E-state index contributed by atoms with van der Waals surface area (Å²) < 4.78 is 0. The van der Waals surface area contributed by atoms with Gasteiger partial charge in [0.2, 0.25) is 0 Å². The number of hydrogen-bond donors (Lipinski definition) is 2. The Morgan fingerprint density at radius 1 is 1.25 bits per heavy atom. The normalized spacial score (nSPS) is 16.2. The lowest BCUT2D eigenvalue weighted by molar-refractivity contribution is 0.0911. The minimum atomic E-state index is -1.23. The Hall–Kier alpha value is -2.64. The molecule has 1 aliphatic carbocycles. The number of carbonyl (C=O) groups is 1. The van der Waals surface area contributed by atoms with Crippen LogP contribution in [0.2, 0.25) is 0 Å². The van der Waals surface area contributed by atoms with Crippen LogP contribution in [0.4, 0.5) is 0 Å². The number of benzene rings is 1. The maximum atomic E-state index is 12.0. The topological polar surface area (TPSA) is 62.2 Å².